The number of rotatable bonds is 4. The zero-order valence-corrected chi connectivity index (χ0v) is 13.1. The number of ether oxygens (including phenoxy) is 1. The van der Waals surface area contributed by atoms with Gasteiger partial charge in [0.1, 0.15) is 17.3 Å². The van der Waals surface area contributed by atoms with Crippen LogP contribution in [-0.2, 0) is 6.42 Å². The van der Waals surface area contributed by atoms with Crippen LogP contribution in [0.2, 0.25) is 0 Å². The highest BCUT2D eigenvalue weighted by molar-refractivity contribution is 9.10. The van der Waals surface area contributed by atoms with Gasteiger partial charge in [-0.25, -0.2) is 4.39 Å². The maximum absolute atomic E-state index is 13.3. The molecule has 0 unspecified atom stereocenters. The van der Waals surface area contributed by atoms with E-state index in [0.29, 0.717) is 18.7 Å². The Hall–Kier alpha value is -1.39. The van der Waals surface area contributed by atoms with Gasteiger partial charge in [0.05, 0.1) is 0 Å². The number of halogens is 2. The molecule has 0 atom stereocenters. The molecule has 4 heteroatoms. The summed E-state index contributed by atoms with van der Waals surface area (Å²) in [5.41, 5.74) is 8.54. The molecule has 2 nitrogen and oxygen atoms in total. The fourth-order valence-electron chi connectivity index (χ4n) is 2.09. The van der Waals surface area contributed by atoms with Gasteiger partial charge in [-0.05, 0) is 73.8 Å². The summed E-state index contributed by atoms with van der Waals surface area (Å²) < 4.78 is 20.3. The molecule has 2 rings (SSSR count). The average molecular weight is 338 g/mol. The standard InChI is InChI=1S/C16H17BrFNO/c1-10-7-14(8-11(2)16(10)17)20-15-4-3-13(18)9-12(15)5-6-19/h3-4,7-9H,5-6,19H2,1-2H3. The highest BCUT2D eigenvalue weighted by atomic mass is 79.9. The molecule has 20 heavy (non-hydrogen) atoms. The van der Waals surface area contributed by atoms with Crippen molar-refractivity contribution in [3.8, 4) is 11.5 Å². The van der Waals surface area contributed by atoms with E-state index in [2.05, 4.69) is 15.9 Å². The quantitative estimate of drug-likeness (QED) is 0.891. The van der Waals surface area contributed by atoms with Crippen molar-refractivity contribution in [2.75, 3.05) is 6.54 Å². The van der Waals surface area contributed by atoms with Crippen LogP contribution in [0.5, 0.6) is 11.5 Å². The van der Waals surface area contributed by atoms with Crippen LogP contribution in [0.3, 0.4) is 0 Å². The summed E-state index contributed by atoms with van der Waals surface area (Å²) in [6.07, 6.45) is 0.585. The Morgan fingerprint density at radius 3 is 2.40 bits per heavy atom. The van der Waals surface area contributed by atoms with Gasteiger partial charge in [-0.1, -0.05) is 15.9 Å². The van der Waals surface area contributed by atoms with Crippen molar-refractivity contribution in [2.45, 2.75) is 20.3 Å². The molecule has 0 saturated carbocycles. The summed E-state index contributed by atoms with van der Waals surface area (Å²) in [5, 5.41) is 0. The monoisotopic (exact) mass is 337 g/mol. The Balaban J connectivity index is 2.34. The van der Waals surface area contributed by atoms with E-state index in [9.17, 15) is 4.39 Å². The second kappa shape index (κ2) is 6.37. The average Bonchev–Trinajstić information content (AvgIpc) is 2.39. The van der Waals surface area contributed by atoms with Gasteiger partial charge >= 0.3 is 0 Å². The second-order valence-corrected chi connectivity index (χ2v) is 5.56. The van der Waals surface area contributed by atoms with E-state index in [1.54, 1.807) is 6.07 Å². The van der Waals surface area contributed by atoms with E-state index in [4.69, 9.17) is 10.5 Å². The molecule has 0 aromatic heterocycles. The molecule has 0 amide bonds. The minimum Gasteiger partial charge on any atom is -0.457 e. The van der Waals surface area contributed by atoms with Crippen molar-refractivity contribution in [3.63, 3.8) is 0 Å². The van der Waals surface area contributed by atoms with Gasteiger partial charge in [0.15, 0.2) is 0 Å². The molecular formula is C16H17BrFNO. The summed E-state index contributed by atoms with van der Waals surface area (Å²) in [6.45, 7) is 4.48. The SMILES string of the molecule is Cc1cc(Oc2ccc(F)cc2CCN)cc(C)c1Br. The van der Waals surface area contributed by atoms with Crippen molar-refractivity contribution < 1.29 is 9.13 Å². The molecule has 2 N–H and O–H groups in total. The van der Waals surface area contributed by atoms with Crippen molar-refractivity contribution in [1.82, 2.24) is 0 Å². The lowest BCUT2D eigenvalue weighted by Crippen LogP contribution is -2.04. The van der Waals surface area contributed by atoms with E-state index >= 15 is 0 Å². The van der Waals surface area contributed by atoms with Gasteiger partial charge in [-0.3, -0.25) is 0 Å². The fourth-order valence-corrected chi connectivity index (χ4v) is 2.32. The van der Waals surface area contributed by atoms with Crippen LogP contribution in [0, 0.1) is 19.7 Å². The van der Waals surface area contributed by atoms with Crippen molar-refractivity contribution in [2.24, 2.45) is 5.73 Å². The Bertz CT molecular complexity index is 605. The van der Waals surface area contributed by atoms with Crippen LogP contribution in [0.4, 0.5) is 4.39 Å². The topological polar surface area (TPSA) is 35.2 Å². The van der Waals surface area contributed by atoms with Gasteiger partial charge in [-0.2, -0.15) is 0 Å². The molecule has 2 aromatic rings. The molecular weight excluding hydrogens is 321 g/mol. The molecule has 0 aliphatic carbocycles. The van der Waals surface area contributed by atoms with Gasteiger partial charge in [0, 0.05) is 4.47 Å². The lowest BCUT2D eigenvalue weighted by atomic mass is 10.1. The molecule has 0 spiro atoms. The van der Waals surface area contributed by atoms with E-state index in [1.165, 1.54) is 12.1 Å². The van der Waals surface area contributed by atoms with Gasteiger partial charge in [-0.15, -0.1) is 0 Å². The fraction of sp³-hybridized carbons (Fsp3) is 0.250. The van der Waals surface area contributed by atoms with Crippen LogP contribution in [0.1, 0.15) is 16.7 Å². The number of hydrogen-bond donors (Lipinski definition) is 1. The number of aryl methyl sites for hydroxylation is 2. The highest BCUT2D eigenvalue weighted by Crippen LogP contribution is 2.31. The minimum atomic E-state index is -0.274. The second-order valence-electron chi connectivity index (χ2n) is 4.76. The minimum absolute atomic E-state index is 0.274. The molecule has 0 bridgehead atoms. The first-order valence-electron chi connectivity index (χ1n) is 6.44. The summed E-state index contributed by atoms with van der Waals surface area (Å²) in [7, 11) is 0. The van der Waals surface area contributed by atoms with Crippen molar-refractivity contribution >= 4 is 15.9 Å². The lowest BCUT2D eigenvalue weighted by molar-refractivity contribution is 0.472. The van der Waals surface area contributed by atoms with Gasteiger partial charge in [0.25, 0.3) is 0 Å². The molecule has 0 aliphatic heterocycles. The molecule has 0 radical (unpaired) electrons. The Morgan fingerprint density at radius 1 is 1.15 bits per heavy atom. The summed E-state index contributed by atoms with van der Waals surface area (Å²) >= 11 is 3.53. The molecule has 0 saturated heterocycles. The highest BCUT2D eigenvalue weighted by Gasteiger charge is 2.08. The maximum Gasteiger partial charge on any atom is 0.130 e. The third kappa shape index (κ3) is 3.38. The zero-order chi connectivity index (χ0) is 14.7. The van der Waals surface area contributed by atoms with Crippen LogP contribution in [0.25, 0.3) is 0 Å². The number of hydrogen-bond acceptors (Lipinski definition) is 2. The van der Waals surface area contributed by atoms with E-state index in [0.717, 1.165) is 26.9 Å². The Kier molecular flexibility index (Phi) is 4.78. The number of benzene rings is 2. The Morgan fingerprint density at radius 2 is 1.80 bits per heavy atom. The van der Waals surface area contributed by atoms with Crippen LogP contribution in [0.15, 0.2) is 34.8 Å². The molecule has 0 aliphatic rings. The molecule has 0 heterocycles. The van der Waals surface area contributed by atoms with Crippen LogP contribution in [-0.4, -0.2) is 6.54 Å². The third-order valence-electron chi connectivity index (χ3n) is 3.07. The summed E-state index contributed by atoms with van der Waals surface area (Å²) in [4.78, 5) is 0. The maximum atomic E-state index is 13.3. The first-order chi connectivity index (χ1) is 9.51. The van der Waals surface area contributed by atoms with Crippen molar-refractivity contribution in [3.05, 3.63) is 57.3 Å². The lowest BCUT2D eigenvalue weighted by Gasteiger charge is -2.13. The van der Waals surface area contributed by atoms with E-state index < -0.39 is 0 Å². The molecule has 0 fully saturated rings. The predicted octanol–water partition coefficient (Wildman–Crippen LogP) is 4.50. The normalized spacial score (nSPS) is 10.7. The van der Waals surface area contributed by atoms with Crippen LogP contribution >= 0.6 is 15.9 Å². The van der Waals surface area contributed by atoms with E-state index in [-0.39, 0.29) is 5.82 Å². The summed E-state index contributed by atoms with van der Waals surface area (Å²) in [5.74, 6) is 1.12. The Labute approximate surface area is 126 Å². The van der Waals surface area contributed by atoms with Gasteiger partial charge in [0.2, 0.25) is 0 Å². The third-order valence-corrected chi connectivity index (χ3v) is 4.32. The van der Waals surface area contributed by atoms with Gasteiger partial charge < -0.3 is 10.5 Å². The molecule has 2 aromatic carbocycles. The van der Waals surface area contributed by atoms with Crippen LogP contribution < -0.4 is 10.5 Å². The molecule has 106 valence electrons. The zero-order valence-electron chi connectivity index (χ0n) is 11.5. The smallest absolute Gasteiger partial charge is 0.130 e. The van der Waals surface area contributed by atoms with Crippen molar-refractivity contribution in [1.29, 1.82) is 0 Å². The number of nitrogens with two attached hydrogens (primary N) is 1. The first kappa shape index (κ1) is 15.0. The summed E-state index contributed by atoms with van der Waals surface area (Å²) in [6, 6.07) is 8.42. The first-order valence-corrected chi connectivity index (χ1v) is 7.23. The van der Waals surface area contributed by atoms with E-state index in [1.807, 2.05) is 26.0 Å². The largest absolute Gasteiger partial charge is 0.457 e. The predicted molar refractivity (Wildman–Crippen MR) is 82.8 cm³/mol.